The number of urea groups is 1. The standard InChI is InChI=1S/C18H22N2O5S/c1-10-4-5-13-12(8-15(21)25-16(13)11(10)2)9-24-17(22)14(6-7-26-3)20-18(19)23/h4-5,8,14H,6-7,9H2,1-3H3,(H3,19,20,23)/t14-/m1/s1. The zero-order valence-corrected chi connectivity index (χ0v) is 15.8. The number of ether oxygens (including phenoxy) is 1. The third-order valence-corrected chi connectivity index (χ3v) is 4.74. The number of hydrogen-bond donors (Lipinski definition) is 2. The van der Waals surface area contributed by atoms with Gasteiger partial charge in [0.2, 0.25) is 0 Å². The summed E-state index contributed by atoms with van der Waals surface area (Å²) in [7, 11) is 0. The topological polar surface area (TPSA) is 112 Å². The van der Waals surface area contributed by atoms with Crippen LogP contribution < -0.4 is 16.7 Å². The predicted octanol–water partition coefficient (Wildman–Crippen LogP) is 2.24. The summed E-state index contributed by atoms with van der Waals surface area (Å²) in [6.45, 7) is 3.69. The molecule has 1 aromatic carbocycles. The van der Waals surface area contributed by atoms with Gasteiger partial charge in [-0.3, -0.25) is 0 Å². The van der Waals surface area contributed by atoms with Crippen molar-refractivity contribution < 1.29 is 18.7 Å². The Kier molecular flexibility index (Phi) is 6.68. The smallest absolute Gasteiger partial charge is 0.336 e. The second kappa shape index (κ2) is 8.75. The third kappa shape index (κ3) is 4.78. The van der Waals surface area contributed by atoms with E-state index in [-0.39, 0.29) is 6.61 Å². The van der Waals surface area contributed by atoms with Crippen LogP contribution in [0.1, 0.15) is 23.1 Å². The van der Waals surface area contributed by atoms with Crippen LogP contribution in [0.3, 0.4) is 0 Å². The Morgan fingerprint density at radius 3 is 2.73 bits per heavy atom. The van der Waals surface area contributed by atoms with Crippen LogP contribution in [-0.2, 0) is 16.1 Å². The van der Waals surface area contributed by atoms with E-state index >= 15 is 0 Å². The fourth-order valence-corrected chi connectivity index (χ4v) is 3.02. The second-order valence-corrected chi connectivity index (χ2v) is 6.91. The number of fused-ring (bicyclic) bond motifs is 1. The van der Waals surface area contributed by atoms with Crippen LogP contribution in [-0.4, -0.2) is 30.1 Å². The third-order valence-electron chi connectivity index (χ3n) is 4.10. The molecule has 26 heavy (non-hydrogen) atoms. The van der Waals surface area contributed by atoms with Crippen LogP contribution >= 0.6 is 11.8 Å². The molecule has 1 heterocycles. The zero-order valence-electron chi connectivity index (χ0n) is 15.0. The summed E-state index contributed by atoms with van der Waals surface area (Å²) in [4.78, 5) is 35.2. The summed E-state index contributed by atoms with van der Waals surface area (Å²) < 4.78 is 10.6. The summed E-state index contributed by atoms with van der Waals surface area (Å²) in [5, 5.41) is 3.10. The Labute approximate surface area is 155 Å². The quantitative estimate of drug-likeness (QED) is 0.564. The highest BCUT2D eigenvalue weighted by Crippen LogP contribution is 2.23. The predicted molar refractivity (Wildman–Crippen MR) is 101 cm³/mol. The molecule has 0 saturated heterocycles. The number of thioether (sulfide) groups is 1. The van der Waals surface area contributed by atoms with Crippen molar-refractivity contribution in [2.24, 2.45) is 5.73 Å². The summed E-state index contributed by atoms with van der Waals surface area (Å²) in [5.41, 5.74) is 7.50. The molecule has 8 heteroatoms. The minimum absolute atomic E-state index is 0.0976. The first-order valence-corrected chi connectivity index (χ1v) is 9.47. The second-order valence-electron chi connectivity index (χ2n) is 5.93. The number of benzene rings is 1. The summed E-state index contributed by atoms with van der Waals surface area (Å²) in [5.74, 6) is 0.0687. The van der Waals surface area contributed by atoms with Gasteiger partial charge in [0, 0.05) is 17.0 Å². The van der Waals surface area contributed by atoms with E-state index < -0.39 is 23.7 Å². The molecule has 1 aromatic heterocycles. The Balaban J connectivity index is 2.22. The molecule has 0 radical (unpaired) electrons. The van der Waals surface area contributed by atoms with Crippen LogP contribution in [0.2, 0.25) is 0 Å². The molecule has 0 aliphatic carbocycles. The van der Waals surface area contributed by atoms with E-state index in [1.54, 1.807) is 11.8 Å². The molecule has 2 rings (SSSR count). The maximum Gasteiger partial charge on any atom is 0.336 e. The molecule has 7 nitrogen and oxygen atoms in total. The van der Waals surface area contributed by atoms with Gasteiger partial charge < -0.3 is 20.2 Å². The van der Waals surface area contributed by atoms with Gasteiger partial charge in [0.15, 0.2) is 0 Å². The average molecular weight is 378 g/mol. The SMILES string of the molecule is CSCC[C@@H](NC(N)=O)C(=O)OCc1cc(=O)oc2c(C)c(C)ccc12. The van der Waals surface area contributed by atoms with E-state index in [9.17, 15) is 14.4 Å². The van der Waals surface area contributed by atoms with Gasteiger partial charge in [0.25, 0.3) is 0 Å². The van der Waals surface area contributed by atoms with Crippen LogP contribution in [0.5, 0.6) is 0 Å². The van der Waals surface area contributed by atoms with Crippen LogP contribution in [0.25, 0.3) is 11.0 Å². The highest BCUT2D eigenvalue weighted by molar-refractivity contribution is 7.98. The minimum atomic E-state index is -0.824. The molecule has 0 unspecified atom stereocenters. The number of primary amides is 1. The average Bonchev–Trinajstić information content (AvgIpc) is 2.59. The van der Waals surface area contributed by atoms with E-state index in [0.717, 1.165) is 11.1 Å². The van der Waals surface area contributed by atoms with Crippen LogP contribution in [0.4, 0.5) is 4.79 Å². The van der Waals surface area contributed by atoms with Gasteiger partial charge in [-0.25, -0.2) is 14.4 Å². The number of esters is 1. The lowest BCUT2D eigenvalue weighted by molar-refractivity contribution is -0.147. The van der Waals surface area contributed by atoms with Gasteiger partial charge in [-0.2, -0.15) is 11.8 Å². The van der Waals surface area contributed by atoms with Gasteiger partial charge in [0.1, 0.15) is 18.2 Å². The monoisotopic (exact) mass is 378 g/mol. The molecule has 3 N–H and O–H groups in total. The van der Waals surface area contributed by atoms with Crippen LogP contribution in [0, 0.1) is 13.8 Å². The molecular weight excluding hydrogens is 356 g/mol. The van der Waals surface area contributed by atoms with Crippen molar-refractivity contribution in [2.75, 3.05) is 12.0 Å². The Morgan fingerprint density at radius 2 is 2.08 bits per heavy atom. The van der Waals surface area contributed by atoms with Gasteiger partial charge in [-0.05, 0) is 43.4 Å². The first-order chi connectivity index (χ1) is 12.3. The number of nitrogens with two attached hydrogens (primary N) is 1. The minimum Gasteiger partial charge on any atom is -0.459 e. The van der Waals surface area contributed by atoms with Crippen LogP contribution in [0.15, 0.2) is 27.4 Å². The first kappa shape index (κ1) is 19.8. The molecule has 2 aromatic rings. The molecule has 0 fully saturated rings. The van der Waals surface area contributed by atoms with Crippen molar-refractivity contribution in [3.8, 4) is 0 Å². The summed E-state index contributed by atoms with van der Waals surface area (Å²) >= 11 is 1.54. The number of carbonyl (C=O) groups excluding carboxylic acids is 2. The van der Waals surface area contributed by atoms with Gasteiger partial charge >= 0.3 is 17.6 Å². The lowest BCUT2D eigenvalue weighted by Gasteiger charge is -2.16. The van der Waals surface area contributed by atoms with Gasteiger partial charge in [-0.15, -0.1) is 0 Å². The number of carbonyl (C=O) groups is 2. The fraction of sp³-hybridized carbons (Fsp3) is 0.389. The molecule has 0 aliphatic heterocycles. The summed E-state index contributed by atoms with van der Waals surface area (Å²) in [6, 6.07) is 3.44. The zero-order chi connectivity index (χ0) is 19.3. The highest BCUT2D eigenvalue weighted by Gasteiger charge is 2.21. The first-order valence-electron chi connectivity index (χ1n) is 8.08. The molecule has 0 saturated carbocycles. The van der Waals surface area contributed by atoms with Crippen molar-refractivity contribution in [3.63, 3.8) is 0 Å². The Morgan fingerprint density at radius 1 is 1.35 bits per heavy atom. The number of nitrogens with one attached hydrogen (secondary N) is 1. The van der Waals surface area contributed by atoms with Crippen molar-refractivity contribution >= 4 is 34.7 Å². The molecule has 140 valence electrons. The normalized spacial score (nSPS) is 12.0. The molecular formula is C18H22N2O5S. The van der Waals surface area contributed by atoms with Crippen molar-refractivity contribution in [3.05, 3.63) is 45.3 Å². The summed E-state index contributed by atoms with van der Waals surface area (Å²) in [6.07, 6.45) is 2.30. The van der Waals surface area contributed by atoms with E-state index in [2.05, 4.69) is 5.32 Å². The lowest BCUT2D eigenvalue weighted by Crippen LogP contribution is -2.44. The number of hydrogen-bond acceptors (Lipinski definition) is 6. The molecule has 0 spiro atoms. The number of amides is 2. The van der Waals surface area contributed by atoms with Crippen molar-refractivity contribution in [1.82, 2.24) is 5.32 Å². The Bertz CT molecular complexity index is 878. The van der Waals surface area contributed by atoms with E-state index in [1.165, 1.54) is 6.07 Å². The number of rotatable bonds is 7. The molecule has 0 bridgehead atoms. The number of aryl methyl sites for hydroxylation is 2. The van der Waals surface area contributed by atoms with E-state index in [4.69, 9.17) is 14.9 Å². The lowest BCUT2D eigenvalue weighted by atomic mass is 10.0. The van der Waals surface area contributed by atoms with Crippen molar-refractivity contribution in [1.29, 1.82) is 0 Å². The maximum absolute atomic E-state index is 12.3. The van der Waals surface area contributed by atoms with E-state index in [0.29, 0.717) is 28.7 Å². The van der Waals surface area contributed by atoms with Crippen molar-refractivity contribution in [2.45, 2.75) is 32.9 Å². The largest absolute Gasteiger partial charge is 0.459 e. The highest BCUT2D eigenvalue weighted by atomic mass is 32.2. The fourth-order valence-electron chi connectivity index (χ4n) is 2.55. The molecule has 1 atom stereocenters. The Hall–Kier alpha value is -2.48. The van der Waals surface area contributed by atoms with Gasteiger partial charge in [-0.1, -0.05) is 12.1 Å². The van der Waals surface area contributed by atoms with Gasteiger partial charge in [0.05, 0.1) is 0 Å². The molecule has 0 aliphatic rings. The van der Waals surface area contributed by atoms with E-state index in [1.807, 2.05) is 32.2 Å². The maximum atomic E-state index is 12.3. The molecule has 2 amide bonds.